The smallest absolute Gasteiger partial charge is 0.102 e. The van der Waals surface area contributed by atoms with Crippen molar-refractivity contribution >= 4 is 11.4 Å². The molecule has 1 aliphatic carbocycles. The van der Waals surface area contributed by atoms with Crippen LogP contribution in [0.3, 0.4) is 0 Å². The van der Waals surface area contributed by atoms with Gasteiger partial charge in [0.15, 0.2) is 0 Å². The molecule has 0 radical (unpaired) electrons. The van der Waals surface area contributed by atoms with E-state index in [-0.39, 0.29) is 5.92 Å². The lowest BCUT2D eigenvalue weighted by molar-refractivity contribution is 0.0221. The first-order valence-corrected chi connectivity index (χ1v) is 6.09. The maximum atomic E-state index is 7.96. The Kier molecular flexibility index (Phi) is 3.99. The van der Waals surface area contributed by atoms with Gasteiger partial charge in [0.05, 0.1) is 6.10 Å². The second kappa shape index (κ2) is 5.69. The highest BCUT2D eigenvalue weighted by Crippen LogP contribution is 2.30. The Morgan fingerprint density at radius 1 is 1.39 bits per heavy atom. The van der Waals surface area contributed by atoms with E-state index in [9.17, 15) is 0 Å². The van der Waals surface area contributed by atoms with Gasteiger partial charge in [-0.3, -0.25) is 0 Å². The fraction of sp³-hybridized carbons (Fsp3) is 0.357. The normalized spacial score (nSPS) is 23.3. The van der Waals surface area contributed by atoms with Crippen LogP contribution in [0.5, 0.6) is 0 Å². The molecular weight excluding hydrogens is 226 g/mol. The molecule has 18 heavy (non-hydrogen) atoms. The van der Waals surface area contributed by atoms with Crippen molar-refractivity contribution in [3.8, 4) is 0 Å². The monoisotopic (exact) mass is 245 g/mol. The fourth-order valence-corrected chi connectivity index (χ4v) is 2.02. The molecule has 0 atom stereocenters. The number of rotatable bonds is 5. The molecule has 0 aliphatic heterocycles. The molecule has 1 aromatic rings. The van der Waals surface area contributed by atoms with Crippen LogP contribution in [0, 0.1) is 11.3 Å². The largest absolute Gasteiger partial charge is 0.385 e. The van der Waals surface area contributed by atoms with Gasteiger partial charge >= 0.3 is 0 Å². The number of ether oxygens (including phenoxy) is 1. The molecule has 1 aliphatic rings. The third kappa shape index (κ3) is 3.11. The molecular formula is C14H19N3O. The minimum atomic E-state index is 0.283. The summed E-state index contributed by atoms with van der Waals surface area (Å²) in [5.41, 5.74) is 7.37. The van der Waals surface area contributed by atoms with Crippen LogP contribution in [0.4, 0.5) is 5.69 Å². The van der Waals surface area contributed by atoms with Crippen molar-refractivity contribution in [1.82, 2.24) is 0 Å². The zero-order valence-electron chi connectivity index (χ0n) is 10.5. The van der Waals surface area contributed by atoms with Crippen LogP contribution in [0.1, 0.15) is 12.8 Å². The highest BCUT2D eigenvalue weighted by molar-refractivity contribution is 5.95. The Bertz CT molecular complexity index is 436. The summed E-state index contributed by atoms with van der Waals surface area (Å²) in [6.45, 7) is 0. The average molecular weight is 245 g/mol. The van der Waals surface area contributed by atoms with Gasteiger partial charge in [0, 0.05) is 24.4 Å². The summed E-state index contributed by atoms with van der Waals surface area (Å²) in [6.07, 6.45) is 3.85. The summed E-state index contributed by atoms with van der Waals surface area (Å²) in [5.74, 6) is 0.790. The van der Waals surface area contributed by atoms with Crippen LogP contribution in [0.2, 0.25) is 0 Å². The van der Waals surface area contributed by atoms with Crippen molar-refractivity contribution in [2.45, 2.75) is 18.9 Å². The van der Waals surface area contributed by atoms with E-state index in [1.165, 1.54) is 0 Å². The Hall–Kier alpha value is -1.81. The van der Waals surface area contributed by atoms with Crippen molar-refractivity contribution in [2.75, 3.05) is 12.4 Å². The van der Waals surface area contributed by atoms with Gasteiger partial charge in [0.2, 0.25) is 0 Å². The topological polar surface area (TPSA) is 71.1 Å². The maximum Gasteiger partial charge on any atom is 0.102 e. The van der Waals surface area contributed by atoms with E-state index in [0.717, 1.165) is 18.5 Å². The first-order chi connectivity index (χ1) is 8.69. The zero-order chi connectivity index (χ0) is 13.0. The molecule has 0 amide bonds. The molecule has 0 bridgehead atoms. The maximum absolute atomic E-state index is 7.96. The number of nitrogens with two attached hydrogens (primary N) is 1. The van der Waals surface area contributed by atoms with Gasteiger partial charge in [-0.05, 0) is 31.1 Å². The van der Waals surface area contributed by atoms with Gasteiger partial charge in [0.1, 0.15) is 5.82 Å². The lowest BCUT2D eigenvalue weighted by Gasteiger charge is -2.33. The number of allylic oxidation sites excluding steroid dienone is 1. The van der Waals surface area contributed by atoms with E-state index in [1.54, 1.807) is 13.2 Å². The molecule has 4 heteroatoms. The zero-order valence-corrected chi connectivity index (χ0v) is 10.5. The quantitative estimate of drug-likeness (QED) is 0.697. The van der Waals surface area contributed by atoms with Gasteiger partial charge in [0.25, 0.3) is 0 Å². The minimum Gasteiger partial charge on any atom is -0.385 e. The van der Waals surface area contributed by atoms with E-state index < -0.39 is 0 Å². The molecule has 4 nitrogen and oxygen atoms in total. The highest BCUT2D eigenvalue weighted by Gasteiger charge is 2.31. The number of hydrogen-bond donors (Lipinski definition) is 3. The Balaban J connectivity index is 1.87. The van der Waals surface area contributed by atoms with Crippen molar-refractivity contribution < 1.29 is 4.74 Å². The van der Waals surface area contributed by atoms with Crippen LogP contribution >= 0.6 is 0 Å². The van der Waals surface area contributed by atoms with Gasteiger partial charge in [-0.1, -0.05) is 18.2 Å². The molecule has 0 unspecified atom stereocenters. The number of benzene rings is 1. The van der Waals surface area contributed by atoms with Gasteiger partial charge < -0.3 is 21.2 Å². The Labute approximate surface area is 107 Å². The molecule has 4 N–H and O–H groups in total. The minimum absolute atomic E-state index is 0.283. The van der Waals surface area contributed by atoms with Crippen LogP contribution < -0.4 is 11.1 Å². The molecule has 1 fully saturated rings. The van der Waals surface area contributed by atoms with E-state index in [0.29, 0.717) is 17.6 Å². The van der Waals surface area contributed by atoms with Crippen LogP contribution in [0.25, 0.3) is 0 Å². The van der Waals surface area contributed by atoms with Gasteiger partial charge in [-0.25, -0.2) is 0 Å². The van der Waals surface area contributed by atoms with Crippen molar-refractivity contribution in [3.05, 3.63) is 42.2 Å². The molecule has 0 spiro atoms. The third-order valence-corrected chi connectivity index (χ3v) is 3.24. The van der Waals surface area contributed by atoms with Crippen LogP contribution in [-0.4, -0.2) is 18.9 Å². The van der Waals surface area contributed by atoms with Crippen molar-refractivity contribution in [3.63, 3.8) is 0 Å². The van der Waals surface area contributed by atoms with Crippen LogP contribution in [-0.2, 0) is 4.74 Å². The van der Waals surface area contributed by atoms with E-state index in [4.69, 9.17) is 15.9 Å². The second-order valence-corrected chi connectivity index (χ2v) is 4.57. The number of nitrogens with one attached hydrogen (secondary N) is 2. The predicted molar refractivity (Wildman–Crippen MR) is 73.6 cm³/mol. The number of anilines is 1. The summed E-state index contributed by atoms with van der Waals surface area (Å²) < 4.78 is 5.20. The average Bonchev–Trinajstić information content (AvgIpc) is 2.28. The van der Waals surface area contributed by atoms with Gasteiger partial charge in [-0.2, -0.15) is 0 Å². The summed E-state index contributed by atoms with van der Waals surface area (Å²) in [7, 11) is 1.71. The molecule has 0 saturated heterocycles. The number of para-hydroxylation sites is 1. The molecule has 1 saturated carbocycles. The lowest BCUT2D eigenvalue weighted by atomic mass is 9.79. The number of methoxy groups -OCH3 is 1. The standard InChI is InChI=1S/C14H19N3O/c1-18-12-7-10(8-12)13(15)9-14(16)17-11-5-3-2-4-6-11/h2-6,9-10,12,15,17H,7-8,16H2,1H3/b14-9-,15-13?. The Morgan fingerprint density at radius 3 is 2.67 bits per heavy atom. The molecule has 0 heterocycles. The Morgan fingerprint density at radius 2 is 2.06 bits per heavy atom. The summed E-state index contributed by atoms with van der Waals surface area (Å²) in [6, 6.07) is 9.71. The van der Waals surface area contributed by atoms with Crippen molar-refractivity contribution in [2.24, 2.45) is 11.7 Å². The summed E-state index contributed by atoms with van der Waals surface area (Å²) >= 11 is 0. The second-order valence-electron chi connectivity index (χ2n) is 4.57. The van der Waals surface area contributed by atoms with E-state index >= 15 is 0 Å². The third-order valence-electron chi connectivity index (χ3n) is 3.24. The SMILES string of the molecule is COC1CC(C(=N)/C=C(/N)Nc2ccccc2)C1. The summed E-state index contributed by atoms with van der Waals surface area (Å²) in [4.78, 5) is 0. The lowest BCUT2D eigenvalue weighted by Crippen LogP contribution is -2.35. The van der Waals surface area contributed by atoms with E-state index in [1.807, 2.05) is 30.3 Å². The first kappa shape index (κ1) is 12.6. The first-order valence-electron chi connectivity index (χ1n) is 6.09. The van der Waals surface area contributed by atoms with E-state index in [2.05, 4.69) is 5.32 Å². The molecule has 96 valence electrons. The van der Waals surface area contributed by atoms with Crippen LogP contribution in [0.15, 0.2) is 42.2 Å². The molecule has 0 aromatic heterocycles. The predicted octanol–water partition coefficient (Wildman–Crippen LogP) is 2.34. The van der Waals surface area contributed by atoms with Gasteiger partial charge in [-0.15, -0.1) is 0 Å². The molecule has 1 aromatic carbocycles. The van der Waals surface area contributed by atoms with Crippen molar-refractivity contribution in [1.29, 1.82) is 5.41 Å². The summed E-state index contributed by atoms with van der Waals surface area (Å²) in [5, 5.41) is 11.0. The highest BCUT2D eigenvalue weighted by atomic mass is 16.5. The number of hydrogen-bond acceptors (Lipinski definition) is 4. The fourth-order valence-electron chi connectivity index (χ4n) is 2.02. The molecule has 2 rings (SSSR count).